The van der Waals surface area contributed by atoms with E-state index in [9.17, 15) is 4.79 Å². The number of ether oxygens (including phenoxy) is 1. The fourth-order valence-corrected chi connectivity index (χ4v) is 3.45. The number of hydrogen-bond acceptors (Lipinski definition) is 5. The van der Waals surface area contributed by atoms with Gasteiger partial charge in [0.1, 0.15) is 5.75 Å². The average Bonchev–Trinajstić information content (AvgIpc) is 3.14. The van der Waals surface area contributed by atoms with Crippen LogP contribution in [0, 0.1) is 0 Å². The van der Waals surface area contributed by atoms with Crippen molar-refractivity contribution in [2.45, 2.75) is 0 Å². The number of nitrogens with zero attached hydrogens (tertiary/aromatic N) is 1. The molecule has 1 N–H and O–H groups in total. The second kappa shape index (κ2) is 5.85. The van der Waals surface area contributed by atoms with Gasteiger partial charge < -0.3 is 14.6 Å². The van der Waals surface area contributed by atoms with E-state index in [1.54, 1.807) is 12.1 Å². The van der Waals surface area contributed by atoms with Crippen LogP contribution >= 0.6 is 0 Å². The van der Waals surface area contributed by atoms with Crippen LogP contribution in [0.4, 0.5) is 5.69 Å². The second-order valence-corrected chi connectivity index (χ2v) is 6.17. The van der Waals surface area contributed by atoms with E-state index in [1.165, 1.54) is 6.20 Å². The number of rotatable bonds is 4. The molecular formula is C22H14N2O3. The zero-order valence-corrected chi connectivity index (χ0v) is 14.2. The van der Waals surface area contributed by atoms with Gasteiger partial charge in [0.15, 0.2) is 22.8 Å². The number of aromatic nitrogens is 1. The molecule has 0 unspecified atom stereocenters. The molecular weight excluding hydrogens is 340 g/mol. The largest absolute Gasteiger partial charge is 0.455 e. The smallest absolute Gasteiger partial charge is 0.196 e. The van der Waals surface area contributed by atoms with Crippen molar-refractivity contribution < 1.29 is 14.1 Å². The van der Waals surface area contributed by atoms with Gasteiger partial charge in [0.05, 0.1) is 16.6 Å². The van der Waals surface area contributed by atoms with Crippen molar-refractivity contribution in [3.8, 4) is 22.8 Å². The summed E-state index contributed by atoms with van der Waals surface area (Å²) in [7, 11) is 0. The summed E-state index contributed by atoms with van der Waals surface area (Å²) in [5.41, 5.74) is 2.96. The quantitative estimate of drug-likeness (QED) is 0.469. The first kappa shape index (κ1) is 15.4. The molecule has 0 atom stereocenters. The van der Waals surface area contributed by atoms with Gasteiger partial charge in [-0.3, -0.25) is 4.79 Å². The van der Waals surface area contributed by atoms with Gasteiger partial charge in [-0.05, 0) is 18.3 Å². The molecule has 27 heavy (non-hydrogen) atoms. The van der Waals surface area contributed by atoms with Crippen molar-refractivity contribution in [3.05, 3.63) is 84.6 Å². The molecule has 3 aromatic carbocycles. The predicted molar refractivity (Wildman–Crippen MR) is 103 cm³/mol. The summed E-state index contributed by atoms with van der Waals surface area (Å²) in [5, 5.41) is 7.92. The highest BCUT2D eigenvalue weighted by atomic mass is 16.5. The fraction of sp³-hybridized carbons (Fsp3) is 0. The molecule has 0 spiro atoms. The van der Waals surface area contributed by atoms with Crippen LogP contribution in [0.1, 0.15) is 15.9 Å². The SMILES string of the molecule is C=CNc1cc(Oc2ccccc2)c2noc3c2c1C(=O)c1ccccc1-3. The molecule has 5 nitrogen and oxygen atoms in total. The summed E-state index contributed by atoms with van der Waals surface area (Å²) in [4.78, 5) is 13.2. The Kier molecular flexibility index (Phi) is 3.33. The molecule has 1 aliphatic carbocycles. The zero-order chi connectivity index (χ0) is 18.4. The Balaban J connectivity index is 1.81. The number of carbonyl (C=O) groups excluding carboxylic acids is 1. The lowest BCUT2D eigenvalue weighted by atomic mass is 9.86. The predicted octanol–water partition coefficient (Wildman–Crippen LogP) is 5.39. The summed E-state index contributed by atoms with van der Waals surface area (Å²) in [6, 6.07) is 18.5. The lowest BCUT2D eigenvalue weighted by molar-refractivity contribution is 0.104. The third-order valence-electron chi connectivity index (χ3n) is 4.59. The molecule has 0 fully saturated rings. The summed E-state index contributed by atoms with van der Waals surface area (Å²) < 4.78 is 11.7. The van der Waals surface area contributed by atoms with Crippen LogP contribution in [-0.2, 0) is 0 Å². The zero-order valence-electron chi connectivity index (χ0n) is 14.2. The minimum Gasteiger partial charge on any atom is -0.455 e. The Hall–Kier alpha value is -3.86. The van der Waals surface area contributed by atoms with Crippen LogP contribution in [-0.4, -0.2) is 10.9 Å². The van der Waals surface area contributed by atoms with Gasteiger partial charge in [0.25, 0.3) is 0 Å². The van der Waals surface area contributed by atoms with Crippen molar-refractivity contribution >= 4 is 22.4 Å². The highest BCUT2D eigenvalue weighted by molar-refractivity contribution is 6.28. The number of nitrogens with one attached hydrogen (secondary N) is 1. The number of para-hydroxylation sites is 1. The molecule has 1 aromatic heterocycles. The number of carbonyl (C=O) groups is 1. The Labute approximate surface area is 154 Å². The van der Waals surface area contributed by atoms with E-state index in [1.807, 2.05) is 48.5 Å². The van der Waals surface area contributed by atoms with Crippen molar-refractivity contribution in [1.29, 1.82) is 0 Å². The summed E-state index contributed by atoms with van der Waals surface area (Å²) >= 11 is 0. The maximum absolute atomic E-state index is 13.2. The van der Waals surface area contributed by atoms with Crippen LogP contribution < -0.4 is 10.1 Å². The van der Waals surface area contributed by atoms with E-state index in [0.29, 0.717) is 45.0 Å². The molecule has 0 saturated heterocycles. The molecule has 1 aliphatic rings. The highest BCUT2D eigenvalue weighted by Gasteiger charge is 2.33. The summed E-state index contributed by atoms with van der Waals surface area (Å²) in [6.07, 6.45) is 1.53. The number of fused-ring (bicyclic) bond motifs is 2. The first-order chi connectivity index (χ1) is 13.3. The topological polar surface area (TPSA) is 64.4 Å². The maximum Gasteiger partial charge on any atom is 0.196 e. The lowest BCUT2D eigenvalue weighted by Gasteiger charge is -2.18. The van der Waals surface area contributed by atoms with Crippen molar-refractivity contribution in [2.75, 3.05) is 5.32 Å². The molecule has 4 aromatic rings. The second-order valence-electron chi connectivity index (χ2n) is 6.17. The van der Waals surface area contributed by atoms with Crippen molar-refractivity contribution in [2.24, 2.45) is 0 Å². The third kappa shape index (κ3) is 2.25. The molecule has 5 rings (SSSR count). The molecule has 0 amide bonds. The van der Waals surface area contributed by atoms with Crippen LogP contribution in [0.3, 0.4) is 0 Å². The Morgan fingerprint density at radius 2 is 1.78 bits per heavy atom. The molecule has 0 bridgehead atoms. The van der Waals surface area contributed by atoms with Gasteiger partial charge >= 0.3 is 0 Å². The van der Waals surface area contributed by atoms with Gasteiger partial charge in [-0.2, -0.15) is 0 Å². The van der Waals surface area contributed by atoms with E-state index in [-0.39, 0.29) is 5.78 Å². The minimum absolute atomic E-state index is 0.0816. The summed E-state index contributed by atoms with van der Waals surface area (Å²) in [5.74, 6) is 1.67. The van der Waals surface area contributed by atoms with E-state index in [0.717, 1.165) is 5.56 Å². The van der Waals surface area contributed by atoms with Crippen LogP contribution in [0.5, 0.6) is 11.5 Å². The van der Waals surface area contributed by atoms with Crippen LogP contribution in [0.2, 0.25) is 0 Å². The molecule has 5 heteroatoms. The monoisotopic (exact) mass is 354 g/mol. The molecule has 1 heterocycles. The van der Waals surface area contributed by atoms with Crippen LogP contribution in [0.25, 0.3) is 22.2 Å². The normalized spacial score (nSPS) is 11.9. The Bertz CT molecular complexity index is 1210. The average molecular weight is 354 g/mol. The van der Waals surface area contributed by atoms with E-state index in [4.69, 9.17) is 9.26 Å². The third-order valence-corrected chi connectivity index (χ3v) is 4.59. The van der Waals surface area contributed by atoms with Gasteiger partial charge in [-0.1, -0.05) is 54.2 Å². The number of anilines is 1. The first-order valence-electron chi connectivity index (χ1n) is 8.48. The van der Waals surface area contributed by atoms with Crippen molar-refractivity contribution in [3.63, 3.8) is 0 Å². The minimum atomic E-state index is -0.0816. The van der Waals surface area contributed by atoms with Gasteiger partial charge in [-0.25, -0.2) is 0 Å². The van der Waals surface area contributed by atoms with E-state index in [2.05, 4.69) is 17.1 Å². The van der Waals surface area contributed by atoms with E-state index >= 15 is 0 Å². The molecule has 0 saturated carbocycles. The number of benzene rings is 3. The molecule has 0 radical (unpaired) electrons. The standard InChI is InChI=1S/C22H14N2O3/c1-2-23-16-12-17(26-13-8-4-3-5-9-13)20-19-18(16)21(25)14-10-6-7-11-15(14)22(19)27-24-20/h2-12,23H,1H2. The molecule has 0 aliphatic heterocycles. The number of hydrogen-bond donors (Lipinski definition) is 1. The first-order valence-corrected chi connectivity index (χ1v) is 8.48. The van der Waals surface area contributed by atoms with E-state index < -0.39 is 0 Å². The number of ketones is 1. The summed E-state index contributed by atoms with van der Waals surface area (Å²) in [6.45, 7) is 3.72. The van der Waals surface area contributed by atoms with Gasteiger partial charge in [-0.15, -0.1) is 0 Å². The van der Waals surface area contributed by atoms with Crippen molar-refractivity contribution in [1.82, 2.24) is 5.16 Å². The Morgan fingerprint density at radius 3 is 2.56 bits per heavy atom. The fourth-order valence-electron chi connectivity index (χ4n) is 3.45. The lowest BCUT2D eigenvalue weighted by Crippen LogP contribution is -2.11. The van der Waals surface area contributed by atoms with Gasteiger partial charge in [0.2, 0.25) is 0 Å². The Morgan fingerprint density at radius 1 is 1.04 bits per heavy atom. The van der Waals surface area contributed by atoms with Crippen LogP contribution in [0.15, 0.2) is 78.0 Å². The molecule has 130 valence electrons. The maximum atomic E-state index is 13.2. The van der Waals surface area contributed by atoms with Gasteiger partial charge in [0, 0.05) is 17.2 Å². The highest BCUT2D eigenvalue weighted by Crippen LogP contribution is 2.46.